The molecular weight excluding hydrogens is 677 g/mol. The van der Waals surface area contributed by atoms with E-state index in [1.165, 1.54) is 51.5 Å². The lowest BCUT2D eigenvalue weighted by Gasteiger charge is -2.22. The van der Waals surface area contributed by atoms with Gasteiger partial charge in [0.1, 0.15) is 11.2 Å². The van der Waals surface area contributed by atoms with Gasteiger partial charge in [0.25, 0.3) is 10.6 Å². The molecule has 0 fully saturated rings. The zero-order chi connectivity index (χ0) is 34.7. The molecule has 0 unspecified atom stereocenters. The van der Waals surface area contributed by atoms with E-state index in [2.05, 4.69) is 120 Å². The molecular formula is C41H36N4O2S3. The van der Waals surface area contributed by atoms with Gasteiger partial charge in [-0.05, 0) is 96.6 Å². The third kappa shape index (κ3) is 5.18. The average Bonchev–Trinajstić information content (AvgIpc) is 3.84. The molecule has 3 heterocycles. The molecule has 0 atom stereocenters. The van der Waals surface area contributed by atoms with E-state index >= 15 is 0 Å². The molecule has 0 saturated carbocycles. The van der Waals surface area contributed by atoms with Crippen LogP contribution in [0.4, 0.5) is 5.69 Å². The summed E-state index contributed by atoms with van der Waals surface area (Å²) < 4.78 is 6.61. The van der Waals surface area contributed by atoms with Gasteiger partial charge in [-0.3, -0.25) is 9.36 Å². The standard InChI is InChI=1S/C41H36N4O2S3/c1-5-44-33(49-31-21-17-25-11-7-9-13-29(25)37(31)44)23-19-27-15-16-28(35(27)36-39(46)42(3)41(48)43(4)40(36)47)20-24-34-45(6-2)38-30-14-10-8-12-26(30)18-22-32(38)50-34/h7-14,17-24H,5-6,15-16H2,1-4H3/b27-19+,33-23-. The number of thiazole rings is 1. The second-order valence-electron chi connectivity index (χ2n) is 12.6. The van der Waals surface area contributed by atoms with Gasteiger partial charge in [0, 0.05) is 37.0 Å². The predicted octanol–water partition coefficient (Wildman–Crippen LogP) is 9.02. The van der Waals surface area contributed by atoms with Gasteiger partial charge < -0.3 is 14.6 Å². The van der Waals surface area contributed by atoms with Gasteiger partial charge in [-0.2, -0.15) is 4.57 Å². The Bertz CT molecular complexity index is 2640. The number of nitrogens with zero attached hydrogens (tertiary/aromatic N) is 4. The second kappa shape index (κ2) is 12.9. The Morgan fingerprint density at radius 1 is 0.880 bits per heavy atom. The fraction of sp³-hybridized carbons (Fsp3) is 0.195. The number of allylic oxidation sites excluding steroid dienone is 6. The van der Waals surface area contributed by atoms with Crippen LogP contribution in [0.2, 0.25) is 0 Å². The maximum absolute atomic E-state index is 13.9. The Morgan fingerprint density at radius 3 is 2.36 bits per heavy atom. The van der Waals surface area contributed by atoms with Crippen LogP contribution in [0.25, 0.3) is 43.4 Å². The van der Waals surface area contributed by atoms with Crippen molar-refractivity contribution in [3.8, 4) is 5.88 Å². The first-order chi connectivity index (χ1) is 24.3. The normalized spacial score (nSPS) is 16.4. The van der Waals surface area contributed by atoms with E-state index in [4.69, 9.17) is 12.2 Å². The summed E-state index contributed by atoms with van der Waals surface area (Å²) in [4.78, 5) is 17.4. The minimum absolute atomic E-state index is 0.178. The molecule has 4 aromatic carbocycles. The van der Waals surface area contributed by atoms with Gasteiger partial charge in [0.15, 0.2) is 4.77 Å². The second-order valence-corrected chi connectivity index (χ2v) is 15.1. The van der Waals surface area contributed by atoms with Crippen molar-refractivity contribution in [2.45, 2.75) is 38.1 Å². The number of rotatable bonds is 6. The van der Waals surface area contributed by atoms with Crippen LogP contribution in [0, 0.1) is 4.77 Å². The minimum Gasteiger partial charge on any atom is -0.859 e. The molecule has 9 heteroatoms. The smallest absolute Gasteiger partial charge is 0.262 e. The quantitative estimate of drug-likeness (QED) is 0.128. The first kappa shape index (κ1) is 32.5. The lowest BCUT2D eigenvalue weighted by Crippen LogP contribution is -2.33. The van der Waals surface area contributed by atoms with E-state index in [9.17, 15) is 9.90 Å². The number of thioether (sulfide) groups is 1. The van der Waals surface area contributed by atoms with Crippen LogP contribution in [-0.2, 0) is 20.6 Å². The van der Waals surface area contributed by atoms with Gasteiger partial charge in [0.2, 0.25) is 5.52 Å². The molecule has 0 radical (unpaired) electrons. The topological polar surface area (TPSA) is 57.1 Å². The van der Waals surface area contributed by atoms with Crippen molar-refractivity contribution in [2.75, 3.05) is 11.4 Å². The zero-order valence-electron chi connectivity index (χ0n) is 28.4. The van der Waals surface area contributed by atoms with E-state index in [0.717, 1.165) is 52.7 Å². The summed E-state index contributed by atoms with van der Waals surface area (Å²) in [5.41, 5.74) is 4.96. The van der Waals surface area contributed by atoms with Crippen LogP contribution < -0.4 is 20.1 Å². The number of benzene rings is 4. The monoisotopic (exact) mass is 712 g/mol. The maximum atomic E-state index is 13.9. The first-order valence-corrected chi connectivity index (χ1v) is 19.0. The summed E-state index contributed by atoms with van der Waals surface area (Å²) in [5.74, 6) is -0.360. The van der Waals surface area contributed by atoms with Crippen LogP contribution in [0.1, 0.15) is 37.3 Å². The molecule has 2 aromatic heterocycles. The van der Waals surface area contributed by atoms with Crippen molar-refractivity contribution in [2.24, 2.45) is 14.1 Å². The molecule has 0 N–H and O–H groups in total. The highest BCUT2D eigenvalue weighted by Crippen LogP contribution is 2.50. The van der Waals surface area contributed by atoms with Gasteiger partial charge in [0.05, 0.1) is 21.7 Å². The van der Waals surface area contributed by atoms with E-state index in [1.807, 2.05) is 0 Å². The zero-order valence-corrected chi connectivity index (χ0v) is 30.8. The molecule has 0 spiro atoms. The largest absolute Gasteiger partial charge is 0.859 e. The number of hydrogen-bond donors (Lipinski definition) is 0. The van der Waals surface area contributed by atoms with E-state index in [0.29, 0.717) is 0 Å². The molecule has 1 aliphatic heterocycles. The summed E-state index contributed by atoms with van der Waals surface area (Å²) in [6.07, 6.45) is 9.99. The molecule has 0 bridgehead atoms. The fourth-order valence-electron chi connectivity index (χ4n) is 7.39. The molecule has 8 rings (SSSR count). The van der Waals surface area contributed by atoms with Crippen molar-refractivity contribution in [1.82, 2.24) is 9.13 Å². The van der Waals surface area contributed by atoms with Crippen LogP contribution >= 0.6 is 35.3 Å². The predicted molar refractivity (Wildman–Crippen MR) is 210 cm³/mol. The summed E-state index contributed by atoms with van der Waals surface area (Å²) in [7, 11) is 3.29. The van der Waals surface area contributed by atoms with Gasteiger partial charge in [-0.25, -0.2) is 0 Å². The summed E-state index contributed by atoms with van der Waals surface area (Å²) in [6.45, 7) is 5.99. The van der Waals surface area contributed by atoms with Crippen molar-refractivity contribution < 1.29 is 9.67 Å². The van der Waals surface area contributed by atoms with Crippen molar-refractivity contribution >= 4 is 84.4 Å². The van der Waals surface area contributed by atoms with E-state index in [-0.39, 0.29) is 21.8 Å². The van der Waals surface area contributed by atoms with Gasteiger partial charge in [-0.1, -0.05) is 89.8 Å². The Balaban J connectivity index is 1.27. The lowest BCUT2D eigenvalue weighted by atomic mass is 9.99. The van der Waals surface area contributed by atoms with Gasteiger partial charge in [-0.15, -0.1) is 0 Å². The Hall–Kier alpha value is -4.70. The summed E-state index contributed by atoms with van der Waals surface area (Å²) >= 11 is 8.97. The maximum Gasteiger partial charge on any atom is 0.262 e. The summed E-state index contributed by atoms with van der Waals surface area (Å²) in [6, 6.07) is 25.8. The molecule has 1 aliphatic carbocycles. The third-order valence-electron chi connectivity index (χ3n) is 9.88. The summed E-state index contributed by atoms with van der Waals surface area (Å²) in [5, 5.41) is 21.0. The van der Waals surface area contributed by atoms with Crippen molar-refractivity contribution in [3.63, 3.8) is 0 Å². The molecule has 2 aliphatic rings. The number of aromatic nitrogens is 3. The molecule has 50 heavy (non-hydrogen) atoms. The Kier molecular flexibility index (Phi) is 8.37. The molecule has 250 valence electrons. The van der Waals surface area contributed by atoms with Crippen molar-refractivity contribution in [1.29, 1.82) is 0 Å². The van der Waals surface area contributed by atoms with Crippen LogP contribution in [0.3, 0.4) is 0 Å². The Morgan fingerprint density at radius 2 is 1.60 bits per heavy atom. The van der Waals surface area contributed by atoms with Crippen molar-refractivity contribution in [3.05, 3.63) is 133 Å². The van der Waals surface area contributed by atoms with E-state index < -0.39 is 0 Å². The Labute approximate surface area is 304 Å². The highest BCUT2D eigenvalue weighted by Gasteiger charge is 2.28. The highest BCUT2D eigenvalue weighted by atomic mass is 32.2. The number of aryl methyl sites for hydroxylation is 1. The first-order valence-electron chi connectivity index (χ1n) is 16.9. The fourth-order valence-corrected chi connectivity index (χ4v) is 9.84. The SMILES string of the molecule is CCN1/C(=C/C=C2\CCC(/C=C/c3sc4ccc5ccccc5c4[n+]3CC)=C2c2c([O-])n(C)c(=S)n(C)c2=O)Sc2ccc3ccccc3c21. The van der Waals surface area contributed by atoms with Crippen LogP contribution in [0.15, 0.2) is 117 Å². The number of fused-ring (bicyclic) bond motifs is 6. The average molecular weight is 713 g/mol. The van der Waals surface area contributed by atoms with Crippen LogP contribution in [0.5, 0.6) is 5.88 Å². The third-order valence-corrected chi connectivity index (χ3v) is 12.7. The molecule has 6 nitrogen and oxygen atoms in total. The molecule has 0 amide bonds. The van der Waals surface area contributed by atoms with Crippen LogP contribution in [-0.4, -0.2) is 15.7 Å². The van der Waals surface area contributed by atoms with E-state index in [1.54, 1.807) is 37.2 Å². The minimum atomic E-state index is -0.360. The number of hydrogen-bond acceptors (Lipinski definition) is 6. The lowest BCUT2D eigenvalue weighted by molar-refractivity contribution is -0.664. The number of anilines is 1. The van der Waals surface area contributed by atoms with Gasteiger partial charge >= 0.3 is 0 Å². The highest BCUT2D eigenvalue weighted by molar-refractivity contribution is 8.03. The molecule has 6 aromatic rings. The molecule has 0 saturated heterocycles.